The first-order chi connectivity index (χ1) is 8.35. The van der Waals surface area contributed by atoms with Gasteiger partial charge in [0.1, 0.15) is 5.82 Å². The van der Waals surface area contributed by atoms with E-state index in [0.29, 0.717) is 5.92 Å². The van der Waals surface area contributed by atoms with Gasteiger partial charge in [-0.25, -0.2) is 4.98 Å². The number of hydrogen-bond donors (Lipinski definition) is 1. The largest absolute Gasteiger partial charge is 0.354 e. The summed E-state index contributed by atoms with van der Waals surface area (Å²) >= 11 is 0. The topological polar surface area (TPSA) is 28.2 Å². The second-order valence-electron chi connectivity index (χ2n) is 4.70. The molecule has 0 amide bonds. The van der Waals surface area contributed by atoms with Crippen LogP contribution in [0.3, 0.4) is 0 Å². The molecule has 1 aromatic rings. The molecule has 0 aliphatic carbocycles. The van der Waals surface area contributed by atoms with Crippen LogP contribution < -0.4 is 10.2 Å². The van der Waals surface area contributed by atoms with Crippen LogP contribution in [0.5, 0.6) is 0 Å². The molecule has 2 heterocycles. The third-order valence-electron chi connectivity index (χ3n) is 3.67. The molecule has 2 rings (SSSR count). The zero-order valence-electron chi connectivity index (χ0n) is 10.9. The second kappa shape index (κ2) is 6.01. The first-order valence-electron chi connectivity index (χ1n) is 6.76. The van der Waals surface area contributed by atoms with Crippen LogP contribution in [0.15, 0.2) is 18.3 Å². The van der Waals surface area contributed by atoms with Gasteiger partial charge >= 0.3 is 0 Å². The van der Waals surface area contributed by atoms with Gasteiger partial charge in [0, 0.05) is 32.4 Å². The predicted molar refractivity (Wildman–Crippen MR) is 72.6 cm³/mol. The van der Waals surface area contributed by atoms with E-state index in [1.54, 1.807) is 0 Å². The maximum absolute atomic E-state index is 4.51. The Labute approximate surface area is 104 Å². The van der Waals surface area contributed by atoms with Crippen LogP contribution in [0, 0.1) is 0 Å². The summed E-state index contributed by atoms with van der Waals surface area (Å²) in [6.45, 7) is 8.80. The van der Waals surface area contributed by atoms with E-state index in [1.165, 1.54) is 18.4 Å². The third-order valence-corrected chi connectivity index (χ3v) is 3.67. The van der Waals surface area contributed by atoms with Crippen molar-refractivity contribution in [3.05, 3.63) is 23.9 Å². The highest BCUT2D eigenvalue weighted by atomic mass is 15.2. The Kier molecular flexibility index (Phi) is 4.37. The van der Waals surface area contributed by atoms with Crippen molar-refractivity contribution in [3.63, 3.8) is 0 Å². The third kappa shape index (κ3) is 2.97. The molecule has 17 heavy (non-hydrogen) atoms. The van der Waals surface area contributed by atoms with Gasteiger partial charge in [-0.05, 0) is 36.5 Å². The summed E-state index contributed by atoms with van der Waals surface area (Å²) in [6.07, 6.45) is 4.38. The molecule has 1 N–H and O–H groups in total. The minimum absolute atomic E-state index is 0.680. The highest BCUT2D eigenvalue weighted by molar-refractivity contribution is 5.42. The molecular formula is C14H23N3. The Morgan fingerprint density at radius 2 is 2.00 bits per heavy atom. The molecule has 0 aromatic carbocycles. The summed E-state index contributed by atoms with van der Waals surface area (Å²) in [5, 5.41) is 3.37. The monoisotopic (exact) mass is 233 g/mol. The van der Waals surface area contributed by atoms with Gasteiger partial charge in [-0.3, -0.25) is 0 Å². The SMILES string of the molecule is CCC(CC)c1ccnc(N2CCNCC2)c1. The molecule has 0 bridgehead atoms. The summed E-state index contributed by atoms with van der Waals surface area (Å²) in [5.41, 5.74) is 1.44. The Hall–Kier alpha value is -1.09. The van der Waals surface area contributed by atoms with E-state index >= 15 is 0 Å². The number of pyridine rings is 1. The van der Waals surface area contributed by atoms with Crippen molar-refractivity contribution < 1.29 is 0 Å². The molecule has 0 unspecified atom stereocenters. The van der Waals surface area contributed by atoms with Gasteiger partial charge in [0.05, 0.1) is 0 Å². The lowest BCUT2D eigenvalue weighted by molar-refractivity contribution is 0.583. The molecule has 0 saturated carbocycles. The summed E-state index contributed by atoms with van der Waals surface area (Å²) in [4.78, 5) is 6.89. The van der Waals surface area contributed by atoms with E-state index in [4.69, 9.17) is 0 Å². The van der Waals surface area contributed by atoms with E-state index < -0.39 is 0 Å². The standard InChI is InChI=1S/C14H23N3/c1-3-12(4-2)13-5-6-16-14(11-13)17-9-7-15-8-10-17/h5-6,11-12,15H,3-4,7-10H2,1-2H3. The lowest BCUT2D eigenvalue weighted by atomic mass is 9.95. The fourth-order valence-electron chi connectivity index (χ4n) is 2.52. The maximum Gasteiger partial charge on any atom is 0.128 e. The first kappa shape index (κ1) is 12.4. The predicted octanol–water partition coefficient (Wildman–Crippen LogP) is 2.39. The van der Waals surface area contributed by atoms with Crippen molar-refractivity contribution in [1.82, 2.24) is 10.3 Å². The number of nitrogens with one attached hydrogen (secondary N) is 1. The zero-order valence-corrected chi connectivity index (χ0v) is 10.9. The average molecular weight is 233 g/mol. The molecule has 0 atom stereocenters. The van der Waals surface area contributed by atoms with Crippen LogP contribution in [0.4, 0.5) is 5.82 Å². The van der Waals surface area contributed by atoms with Crippen LogP contribution >= 0.6 is 0 Å². The molecule has 1 aromatic heterocycles. The Balaban J connectivity index is 2.15. The molecule has 0 spiro atoms. The minimum atomic E-state index is 0.680. The number of rotatable bonds is 4. The average Bonchev–Trinajstić information content (AvgIpc) is 2.42. The quantitative estimate of drug-likeness (QED) is 0.865. The van der Waals surface area contributed by atoms with Crippen molar-refractivity contribution in [2.45, 2.75) is 32.6 Å². The van der Waals surface area contributed by atoms with E-state index in [1.807, 2.05) is 6.20 Å². The van der Waals surface area contributed by atoms with Gasteiger partial charge in [0.25, 0.3) is 0 Å². The van der Waals surface area contributed by atoms with Crippen LogP contribution in [-0.4, -0.2) is 31.2 Å². The molecule has 1 saturated heterocycles. The lowest BCUT2D eigenvalue weighted by Gasteiger charge is -2.29. The second-order valence-corrected chi connectivity index (χ2v) is 4.70. The molecule has 3 nitrogen and oxygen atoms in total. The van der Waals surface area contributed by atoms with Crippen LogP contribution in [0.25, 0.3) is 0 Å². The van der Waals surface area contributed by atoms with Crippen molar-refractivity contribution in [1.29, 1.82) is 0 Å². The Morgan fingerprint density at radius 3 is 2.65 bits per heavy atom. The smallest absolute Gasteiger partial charge is 0.128 e. The van der Waals surface area contributed by atoms with Gasteiger partial charge in [-0.1, -0.05) is 13.8 Å². The summed E-state index contributed by atoms with van der Waals surface area (Å²) in [6, 6.07) is 4.45. The summed E-state index contributed by atoms with van der Waals surface area (Å²) < 4.78 is 0. The highest BCUT2D eigenvalue weighted by Gasteiger charge is 2.13. The Morgan fingerprint density at radius 1 is 1.29 bits per heavy atom. The van der Waals surface area contributed by atoms with Gasteiger partial charge in [-0.2, -0.15) is 0 Å². The van der Waals surface area contributed by atoms with Gasteiger partial charge in [0.2, 0.25) is 0 Å². The van der Waals surface area contributed by atoms with Crippen molar-refractivity contribution in [2.24, 2.45) is 0 Å². The van der Waals surface area contributed by atoms with E-state index in [2.05, 4.69) is 41.2 Å². The van der Waals surface area contributed by atoms with Gasteiger partial charge in [-0.15, -0.1) is 0 Å². The maximum atomic E-state index is 4.51. The molecule has 1 aliphatic rings. The first-order valence-corrected chi connectivity index (χ1v) is 6.76. The lowest BCUT2D eigenvalue weighted by Crippen LogP contribution is -2.43. The van der Waals surface area contributed by atoms with E-state index in [9.17, 15) is 0 Å². The number of hydrogen-bond acceptors (Lipinski definition) is 3. The zero-order chi connectivity index (χ0) is 12.1. The molecule has 1 aliphatic heterocycles. The van der Waals surface area contributed by atoms with Crippen LogP contribution in [-0.2, 0) is 0 Å². The number of aromatic nitrogens is 1. The van der Waals surface area contributed by atoms with Crippen molar-refractivity contribution >= 4 is 5.82 Å². The molecule has 3 heteroatoms. The van der Waals surface area contributed by atoms with Crippen molar-refractivity contribution in [3.8, 4) is 0 Å². The number of anilines is 1. The molecular weight excluding hydrogens is 210 g/mol. The Bertz CT molecular complexity index is 341. The number of nitrogens with zero attached hydrogens (tertiary/aromatic N) is 2. The van der Waals surface area contributed by atoms with E-state index in [-0.39, 0.29) is 0 Å². The summed E-state index contributed by atoms with van der Waals surface area (Å²) in [5.74, 6) is 1.83. The van der Waals surface area contributed by atoms with Gasteiger partial charge in [0.15, 0.2) is 0 Å². The minimum Gasteiger partial charge on any atom is -0.354 e. The van der Waals surface area contributed by atoms with Crippen LogP contribution in [0.1, 0.15) is 38.2 Å². The molecule has 1 fully saturated rings. The fraction of sp³-hybridized carbons (Fsp3) is 0.643. The van der Waals surface area contributed by atoms with Gasteiger partial charge < -0.3 is 10.2 Å². The van der Waals surface area contributed by atoms with E-state index in [0.717, 1.165) is 32.0 Å². The van der Waals surface area contributed by atoms with Crippen molar-refractivity contribution in [2.75, 3.05) is 31.1 Å². The summed E-state index contributed by atoms with van der Waals surface area (Å²) in [7, 11) is 0. The molecule has 0 radical (unpaired) electrons. The fourth-order valence-corrected chi connectivity index (χ4v) is 2.52. The number of piperazine rings is 1. The highest BCUT2D eigenvalue weighted by Crippen LogP contribution is 2.25. The van der Waals surface area contributed by atoms with Crippen LogP contribution in [0.2, 0.25) is 0 Å². The molecule has 94 valence electrons. The normalized spacial score (nSPS) is 16.5.